The van der Waals surface area contributed by atoms with Crippen LogP contribution in [0.1, 0.15) is 33.1 Å². The van der Waals surface area contributed by atoms with Crippen molar-refractivity contribution in [2.24, 2.45) is 11.5 Å². The molecule has 0 radical (unpaired) electrons. The molecule has 12 nitrogen and oxygen atoms in total. The van der Waals surface area contributed by atoms with Gasteiger partial charge in [-0.1, -0.05) is 0 Å². The molecule has 0 rings (SSSR count). The number of carbonyl (C=O) groups is 5. The predicted octanol–water partition coefficient (Wildman–Crippen LogP) is -3.23. The average Bonchev–Trinajstić information content (AvgIpc) is 2.64. The van der Waals surface area contributed by atoms with Crippen LogP contribution in [0.2, 0.25) is 0 Å². The van der Waals surface area contributed by atoms with Crippen molar-refractivity contribution in [2.45, 2.75) is 51.2 Å². The van der Waals surface area contributed by atoms with Gasteiger partial charge in [-0.25, -0.2) is 0 Å². The Bertz CT molecular complexity index is 570. The van der Waals surface area contributed by atoms with Crippen LogP contribution in [0.25, 0.3) is 0 Å². The highest BCUT2D eigenvalue weighted by atomic mass is 16.4. The van der Waals surface area contributed by atoms with E-state index in [0.29, 0.717) is 19.4 Å². The first-order chi connectivity index (χ1) is 13.1. The molecule has 0 aromatic heterocycles. The van der Waals surface area contributed by atoms with Gasteiger partial charge in [0.05, 0.1) is 13.1 Å². The summed E-state index contributed by atoms with van der Waals surface area (Å²) in [6, 6.07) is -3.07. The Morgan fingerprint density at radius 1 is 0.857 bits per heavy atom. The molecule has 0 spiro atoms. The highest BCUT2D eigenvalue weighted by Gasteiger charge is 2.25. The summed E-state index contributed by atoms with van der Waals surface area (Å²) >= 11 is 0. The summed E-state index contributed by atoms with van der Waals surface area (Å²) in [7, 11) is 0. The Morgan fingerprint density at radius 3 is 2.00 bits per heavy atom. The molecule has 0 aliphatic carbocycles. The molecule has 0 aromatic carbocycles. The second-order valence-electron chi connectivity index (χ2n) is 6.18. The predicted molar refractivity (Wildman–Crippen MR) is 99.7 cm³/mol. The summed E-state index contributed by atoms with van der Waals surface area (Å²) in [4.78, 5) is 58.2. The Balaban J connectivity index is 4.81. The fraction of sp³-hybridized carbons (Fsp3) is 0.688. The van der Waals surface area contributed by atoms with E-state index in [2.05, 4.69) is 21.3 Å². The Morgan fingerprint density at radius 2 is 1.46 bits per heavy atom. The van der Waals surface area contributed by atoms with Gasteiger partial charge in [-0.05, 0) is 39.7 Å². The lowest BCUT2D eigenvalue weighted by Crippen LogP contribution is -2.55. The molecule has 3 atom stereocenters. The normalized spacial score (nSPS) is 13.6. The quantitative estimate of drug-likeness (QED) is 0.155. The number of unbranched alkanes of at least 4 members (excludes halogenated alkanes) is 1. The van der Waals surface area contributed by atoms with Gasteiger partial charge in [0.2, 0.25) is 23.6 Å². The van der Waals surface area contributed by atoms with Crippen LogP contribution in [0, 0.1) is 0 Å². The fourth-order valence-electron chi connectivity index (χ4n) is 2.04. The lowest BCUT2D eigenvalue weighted by atomic mass is 10.1. The first kappa shape index (κ1) is 25.3. The second-order valence-corrected chi connectivity index (χ2v) is 6.18. The molecule has 0 saturated heterocycles. The van der Waals surface area contributed by atoms with Crippen LogP contribution in [-0.2, 0) is 24.0 Å². The minimum absolute atomic E-state index is 0.269. The molecule has 3 unspecified atom stereocenters. The maximum Gasteiger partial charge on any atom is 0.325 e. The van der Waals surface area contributed by atoms with Gasteiger partial charge in [-0.2, -0.15) is 0 Å². The Hall–Kier alpha value is -2.73. The number of rotatable bonds is 13. The maximum atomic E-state index is 12.4. The van der Waals surface area contributed by atoms with Gasteiger partial charge in [-0.15, -0.1) is 0 Å². The summed E-state index contributed by atoms with van der Waals surface area (Å²) in [5.74, 6) is -3.60. The van der Waals surface area contributed by atoms with Gasteiger partial charge in [0, 0.05) is 0 Å². The monoisotopic (exact) mass is 402 g/mol. The van der Waals surface area contributed by atoms with Gasteiger partial charge in [0.1, 0.15) is 18.1 Å². The van der Waals surface area contributed by atoms with Crippen molar-refractivity contribution < 1.29 is 29.1 Å². The zero-order valence-electron chi connectivity index (χ0n) is 16.1. The number of aliphatic carboxylic acids is 1. The molecule has 28 heavy (non-hydrogen) atoms. The van der Waals surface area contributed by atoms with Crippen molar-refractivity contribution in [2.75, 3.05) is 19.6 Å². The molecule has 12 heteroatoms. The van der Waals surface area contributed by atoms with Gasteiger partial charge in [-0.3, -0.25) is 24.0 Å². The molecular formula is C16H30N6O6. The number of carboxylic acids is 1. The minimum atomic E-state index is -1.21. The minimum Gasteiger partial charge on any atom is -0.480 e. The van der Waals surface area contributed by atoms with Crippen LogP contribution in [0.5, 0.6) is 0 Å². The third kappa shape index (κ3) is 10.4. The largest absolute Gasteiger partial charge is 0.480 e. The van der Waals surface area contributed by atoms with Crippen LogP contribution < -0.4 is 32.7 Å². The number of nitrogens with two attached hydrogens (primary N) is 2. The zero-order chi connectivity index (χ0) is 21.7. The van der Waals surface area contributed by atoms with Crippen molar-refractivity contribution in [3.63, 3.8) is 0 Å². The molecule has 0 bridgehead atoms. The van der Waals surface area contributed by atoms with Crippen LogP contribution in [-0.4, -0.2) is 72.5 Å². The summed E-state index contributed by atoms with van der Waals surface area (Å²) in [6.45, 7) is 2.49. The molecule has 0 aliphatic heterocycles. The molecule has 0 heterocycles. The summed E-state index contributed by atoms with van der Waals surface area (Å²) in [6.07, 6.45) is 1.47. The van der Waals surface area contributed by atoms with Crippen LogP contribution in [0.3, 0.4) is 0 Å². The van der Waals surface area contributed by atoms with Crippen molar-refractivity contribution in [1.29, 1.82) is 0 Å². The van der Waals surface area contributed by atoms with E-state index >= 15 is 0 Å². The second kappa shape index (κ2) is 13.4. The molecular weight excluding hydrogens is 372 g/mol. The number of amides is 4. The van der Waals surface area contributed by atoms with Crippen LogP contribution in [0.15, 0.2) is 0 Å². The van der Waals surface area contributed by atoms with E-state index < -0.39 is 47.7 Å². The highest BCUT2D eigenvalue weighted by molar-refractivity contribution is 5.93. The van der Waals surface area contributed by atoms with Crippen molar-refractivity contribution in [3.8, 4) is 0 Å². The van der Waals surface area contributed by atoms with E-state index in [1.165, 1.54) is 13.8 Å². The fourth-order valence-corrected chi connectivity index (χ4v) is 2.04. The lowest BCUT2D eigenvalue weighted by Gasteiger charge is -2.22. The lowest BCUT2D eigenvalue weighted by molar-refractivity contribution is -0.141. The third-order valence-corrected chi connectivity index (χ3v) is 3.71. The van der Waals surface area contributed by atoms with Crippen molar-refractivity contribution >= 4 is 29.6 Å². The highest BCUT2D eigenvalue weighted by Crippen LogP contribution is 2.02. The Kier molecular flexibility index (Phi) is 12.1. The number of hydrogen-bond donors (Lipinski definition) is 7. The van der Waals surface area contributed by atoms with E-state index in [1.54, 1.807) is 0 Å². The van der Waals surface area contributed by atoms with Crippen LogP contribution >= 0.6 is 0 Å². The molecule has 4 amide bonds. The van der Waals surface area contributed by atoms with E-state index in [9.17, 15) is 24.0 Å². The summed E-state index contributed by atoms with van der Waals surface area (Å²) in [5.41, 5.74) is 10.6. The SMILES string of the molecule is CC(NC(=O)C(C)NC(=O)C(CCCCN)NC(=O)CNC(=O)CN)C(=O)O. The number of hydrogen-bond acceptors (Lipinski definition) is 7. The smallest absolute Gasteiger partial charge is 0.325 e. The topological polar surface area (TPSA) is 206 Å². The number of carboxylic acid groups (broad SMARTS) is 1. The molecule has 9 N–H and O–H groups in total. The maximum absolute atomic E-state index is 12.4. The van der Waals surface area contributed by atoms with E-state index in [1.807, 2.05) is 0 Å². The molecule has 160 valence electrons. The van der Waals surface area contributed by atoms with Crippen LogP contribution in [0.4, 0.5) is 0 Å². The van der Waals surface area contributed by atoms with Gasteiger partial charge in [0.15, 0.2) is 0 Å². The first-order valence-corrected chi connectivity index (χ1v) is 8.92. The first-order valence-electron chi connectivity index (χ1n) is 8.92. The number of nitrogens with one attached hydrogen (secondary N) is 4. The molecule has 0 fully saturated rings. The third-order valence-electron chi connectivity index (χ3n) is 3.71. The molecule has 0 aliphatic rings. The molecule has 0 aromatic rings. The average molecular weight is 402 g/mol. The Labute approximate surface area is 163 Å². The van der Waals surface area contributed by atoms with Gasteiger partial charge in [0.25, 0.3) is 0 Å². The number of carbonyl (C=O) groups excluding carboxylic acids is 4. The standard InChI is InChI=1S/C16H30N6O6/c1-9(14(25)21-10(2)16(27)28)20-15(26)11(5-3-4-6-17)22-13(24)8-19-12(23)7-18/h9-11H,3-8,17-18H2,1-2H3,(H,19,23)(H,20,26)(H,21,25)(H,22,24)(H,27,28). The van der Waals surface area contributed by atoms with E-state index in [0.717, 1.165) is 0 Å². The summed E-state index contributed by atoms with van der Waals surface area (Å²) in [5, 5.41) is 18.3. The zero-order valence-corrected chi connectivity index (χ0v) is 16.1. The van der Waals surface area contributed by atoms with E-state index in [4.69, 9.17) is 16.6 Å². The summed E-state index contributed by atoms with van der Waals surface area (Å²) < 4.78 is 0. The van der Waals surface area contributed by atoms with Crippen molar-refractivity contribution in [3.05, 3.63) is 0 Å². The van der Waals surface area contributed by atoms with Gasteiger partial charge >= 0.3 is 5.97 Å². The van der Waals surface area contributed by atoms with Gasteiger partial charge < -0.3 is 37.8 Å². The van der Waals surface area contributed by atoms with E-state index in [-0.39, 0.29) is 19.5 Å². The van der Waals surface area contributed by atoms with Crippen molar-refractivity contribution in [1.82, 2.24) is 21.3 Å². The molecule has 0 saturated carbocycles.